The fraction of sp³-hybridized carbons (Fsp3) is 0.190. The third-order valence-corrected chi connectivity index (χ3v) is 5.61. The number of para-hydroxylation sites is 2. The summed E-state index contributed by atoms with van der Waals surface area (Å²) in [6.45, 7) is 2.62. The van der Waals surface area contributed by atoms with Crippen LogP contribution < -0.4 is 4.90 Å². The summed E-state index contributed by atoms with van der Waals surface area (Å²) in [5.41, 5.74) is 1.66. The third kappa shape index (κ3) is 4.11. The summed E-state index contributed by atoms with van der Waals surface area (Å²) in [7, 11) is 0. The summed E-state index contributed by atoms with van der Waals surface area (Å²) in [5.74, 6) is 1.34. The first-order chi connectivity index (χ1) is 14.0. The minimum absolute atomic E-state index is 0.126. The van der Waals surface area contributed by atoms with E-state index in [0.717, 1.165) is 5.56 Å². The molecule has 1 fully saturated rings. The van der Waals surface area contributed by atoms with E-state index >= 15 is 0 Å². The molecule has 1 aliphatic heterocycles. The van der Waals surface area contributed by atoms with Crippen LogP contribution in [-0.4, -0.2) is 41.0 Å². The van der Waals surface area contributed by atoms with Crippen LogP contribution in [0.4, 0.5) is 11.4 Å². The monoisotopic (exact) mass is 427 g/mol. The summed E-state index contributed by atoms with van der Waals surface area (Å²) < 4.78 is 5.96. The predicted molar refractivity (Wildman–Crippen MR) is 118 cm³/mol. The Kier molecular flexibility index (Phi) is 5.51. The molecule has 29 heavy (non-hydrogen) atoms. The van der Waals surface area contributed by atoms with Crippen molar-refractivity contribution >= 4 is 40.2 Å². The molecule has 1 aromatic heterocycles. The van der Waals surface area contributed by atoms with Crippen molar-refractivity contribution < 1.29 is 9.34 Å². The minimum Gasteiger partial charge on any atom is -0.454 e. The number of hydrogen-bond donors (Lipinski definition) is 0. The highest BCUT2D eigenvalue weighted by atomic mass is 35.5. The van der Waals surface area contributed by atoms with Crippen LogP contribution in [0.15, 0.2) is 65.1 Å². The van der Waals surface area contributed by atoms with Crippen LogP contribution in [0, 0.1) is 10.1 Å². The van der Waals surface area contributed by atoms with Crippen molar-refractivity contribution in [1.82, 2.24) is 4.90 Å². The van der Waals surface area contributed by atoms with E-state index in [4.69, 9.17) is 28.2 Å². The molecule has 0 N–H and O–H groups in total. The number of hydrogen-bond acceptors (Lipinski definition) is 5. The molecule has 148 valence electrons. The van der Waals surface area contributed by atoms with Gasteiger partial charge in [0.2, 0.25) is 0 Å². The van der Waals surface area contributed by atoms with Crippen LogP contribution in [0.1, 0.15) is 5.76 Å². The van der Waals surface area contributed by atoms with Gasteiger partial charge in [-0.1, -0.05) is 48.1 Å². The normalized spacial score (nSPS) is 14.1. The summed E-state index contributed by atoms with van der Waals surface area (Å²) >= 11 is 11.7. The summed E-state index contributed by atoms with van der Waals surface area (Å²) in [6, 6.07) is 18.0. The van der Waals surface area contributed by atoms with E-state index in [0.29, 0.717) is 53.4 Å². The summed E-state index contributed by atoms with van der Waals surface area (Å²) in [5, 5.41) is 11.9. The second-order valence-corrected chi connectivity index (χ2v) is 7.52. The number of thiocarbonyl (C=S) groups is 1. The first-order valence-electron chi connectivity index (χ1n) is 9.16. The lowest BCUT2D eigenvalue weighted by Gasteiger charge is -2.36. The molecule has 0 bridgehead atoms. The summed E-state index contributed by atoms with van der Waals surface area (Å²) in [4.78, 5) is 15.7. The molecule has 1 aliphatic rings. The van der Waals surface area contributed by atoms with Gasteiger partial charge in [0.1, 0.15) is 16.4 Å². The number of benzene rings is 2. The standard InChI is InChI=1S/C21H18ClN3O3S/c22-16-5-3-4-15(14-16)19-8-9-20(28-19)21(29)24-12-10-23(11-13-24)17-6-1-2-7-18(17)25(26)27/h1-9,14H,10-13H2. The van der Waals surface area contributed by atoms with E-state index in [1.807, 2.05) is 47.4 Å². The molecule has 8 heteroatoms. The van der Waals surface area contributed by atoms with Gasteiger partial charge in [-0.05, 0) is 30.3 Å². The fourth-order valence-corrected chi connectivity index (χ4v) is 3.92. The molecular formula is C21H18ClN3O3S. The average Bonchev–Trinajstić information content (AvgIpc) is 3.24. The second-order valence-electron chi connectivity index (χ2n) is 6.70. The van der Waals surface area contributed by atoms with Gasteiger partial charge in [0.05, 0.1) is 4.92 Å². The molecule has 0 unspecified atom stereocenters. The molecule has 2 heterocycles. The van der Waals surface area contributed by atoms with Gasteiger partial charge in [0, 0.05) is 42.8 Å². The smallest absolute Gasteiger partial charge is 0.292 e. The highest BCUT2D eigenvalue weighted by Crippen LogP contribution is 2.29. The molecule has 3 aromatic rings. The lowest BCUT2D eigenvalue weighted by molar-refractivity contribution is -0.384. The van der Waals surface area contributed by atoms with E-state index in [9.17, 15) is 10.1 Å². The Bertz CT molecular complexity index is 1060. The lowest BCUT2D eigenvalue weighted by atomic mass is 10.2. The van der Waals surface area contributed by atoms with Gasteiger partial charge in [-0.3, -0.25) is 10.1 Å². The van der Waals surface area contributed by atoms with Crippen molar-refractivity contribution in [3.8, 4) is 11.3 Å². The number of piperazine rings is 1. The fourth-order valence-electron chi connectivity index (χ4n) is 3.44. The number of halogens is 1. The van der Waals surface area contributed by atoms with Gasteiger partial charge in [0.25, 0.3) is 5.69 Å². The Hall–Kier alpha value is -2.90. The van der Waals surface area contributed by atoms with E-state index < -0.39 is 0 Å². The maximum absolute atomic E-state index is 11.3. The number of furan rings is 1. The molecule has 0 amide bonds. The highest BCUT2D eigenvalue weighted by molar-refractivity contribution is 7.80. The number of nitro benzene ring substituents is 1. The minimum atomic E-state index is -0.341. The van der Waals surface area contributed by atoms with Crippen molar-refractivity contribution in [2.45, 2.75) is 0 Å². The molecule has 0 spiro atoms. The number of anilines is 1. The average molecular weight is 428 g/mol. The molecule has 0 atom stereocenters. The summed E-state index contributed by atoms with van der Waals surface area (Å²) in [6.07, 6.45) is 0. The van der Waals surface area contributed by atoms with Gasteiger partial charge in [0.15, 0.2) is 5.76 Å². The van der Waals surface area contributed by atoms with E-state index in [-0.39, 0.29) is 10.6 Å². The molecule has 1 saturated heterocycles. The van der Waals surface area contributed by atoms with Crippen molar-refractivity contribution in [3.05, 3.63) is 81.6 Å². The Morgan fingerprint density at radius 3 is 2.52 bits per heavy atom. The number of rotatable bonds is 4. The zero-order chi connectivity index (χ0) is 20.4. The first kappa shape index (κ1) is 19.4. The lowest BCUT2D eigenvalue weighted by Crippen LogP contribution is -2.48. The van der Waals surface area contributed by atoms with Crippen molar-refractivity contribution in [1.29, 1.82) is 0 Å². The highest BCUT2D eigenvalue weighted by Gasteiger charge is 2.25. The first-order valence-corrected chi connectivity index (χ1v) is 9.95. The van der Waals surface area contributed by atoms with Gasteiger partial charge >= 0.3 is 0 Å². The van der Waals surface area contributed by atoms with Crippen LogP contribution in [0.2, 0.25) is 5.02 Å². The van der Waals surface area contributed by atoms with Gasteiger partial charge in [-0.25, -0.2) is 0 Å². The Balaban J connectivity index is 1.44. The van der Waals surface area contributed by atoms with Crippen LogP contribution in [0.3, 0.4) is 0 Å². The predicted octanol–water partition coefficient (Wildman–Crippen LogP) is 5.01. The molecule has 2 aromatic carbocycles. The van der Waals surface area contributed by atoms with Gasteiger partial charge in [-0.2, -0.15) is 0 Å². The van der Waals surface area contributed by atoms with Crippen molar-refractivity contribution in [2.24, 2.45) is 0 Å². The molecule has 0 radical (unpaired) electrons. The quantitative estimate of drug-likeness (QED) is 0.331. The van der Waals surface area contributed by atoms with Gasteiger partial charge in [-0.15, -0.1) is 0 Å². The molecule has 0 saturated carbocycles. The van der Waals surface area contributed by atoms with Crippen LogP contribution >= 0.6 is 23.8 Å². The molecule has 6 nitrogen and oxygen atoms in total. The largest absolute Gasteiger partial charge is 0.454 e. The molecular weight excluding hydrogens is 410 g/mol. The zero-order valence-electron chi connectivity index (χ0n) is 15.5. The third-order valence-electron chi connectivity index (χ3n) is 4.91. The van der Waals surface area contributed by atoms with Crippen LogP contribution in [0.5, 0.6) is 0 Å². The Morgan fingerprint density at radius 1 is 1.03 bits per heavy atom. The topological polar surface area (TPSA) is 62.8 Å². The van der Waals surface area contributed by atoms with E-state index in [1.165, 1.54) is 6.07 Å². The number of nitro groups is 1. The number of nitrogens with zero attached hydrogens (tertiary/aromatic N) is 3. The van der Waals surface area contributed by atoms with E-state index in [2.05, 4.69) is 4.90 Å². The zero-order valence-corrected chi connectivity index (χ0v) is 17.0. The Labute approximate surface area is 178 Å². The van der Waals surface area contributed by atoms with Crippen LogP contribution in [-0.2, 0) is 0 Å². The van der Waals surface area contributed by atoms with Crippen molar-refractivity contribution in [2.75, 3.05) is 31.1 Å². The van der Waals surface area contributed by atoms with Crippen molar-refractivity contribution in [3.63, 3.8) is 0 Å². The molecule has 4 rings (SSSR count). The van der Waals surface area contributed by atoms with Gasteiger partial charge < -0.3 is 14.2 Å². The second kappa shape index (κ2) is 8.23. The Morgan fingerprint density at radius 2 is 1.79 bits per heavy atom. The SMILES string of the molecule is O=[N+]([O-])c1ccccc1N1CCN(C(=S)c2ccc(-c3cccc(Cl)c3)o2)CC1. The van der Waals surface area contributed by atoms with E-state index in [1.54, 1.807) is 12.1 Å². The maximum Gasteiger partial charge on any atom is 0.292 e. The maximum atomic E-state index is 11.3. The molecule has 0 aliphatic carbocycles. The van der Waals surface area contributed by atoms with Crippen LogP contribution in [0.25, 0.3) is 11.3 Å².